The zero-order valence-electron chi connectivity index (χ0n) is 12.1. The van der Waals surface area contributed by atoms with Crippen LogP contribution in [-0.4, -0.2) is 26.1 Å². The maximum atomic E-state index is 11.4. The van der Waals surface area contributed by atoms with Crippen molar-refractivity contribution in [2.24, 2.45) is 0 Å². The van der Waals surface area contributed by atoms with Gasteiger partial charge in [-0.1, -0.05) is 36.4 Å². The molecule has 3 aromatic rings. The minimum atomic E-state index is -1.05. The zero-order chi connectivity index (χ0) is 15.5. The Morgan fingerprint density at radius 1 is 1.27 bits per heavy atom. The second kappa shape index (κ2) is 6.11. The molecule has 112 valence electrons. The molecule has 0 aliphatic heterocycles. The fourth-order valence-corrected chi connectivity index (χ4v) is 3.12. The summed E-state index contributed by atoms with van der Waals surface area (Å²) >= 11 is 1.59. The van der Waals surface area contributed by atoms with Gasteiger partial charge in [-0.05, 0) is 29.5 Å². The number of rotatable bonds is 5. The number of aromatic carboxylic acids is 1. The van der Waals surface area contributed by atoms with E-state index in [2.05, 4.69) is 17.2 Å². The van der Waals surface area contributed by atoms with Crippen LogP contribution in [0.3, 0.4) is 0 Å². The van der Waals surface area contributed by atoms with Gasteiger partial charge < -0.3 is 5.11 Å². The van der Waals surface area contributed by atoms with Gasteiger partial charge in [-0.3, -0.25) is 0 Å². The average molecular weight is 313 g/mol. The molecule has 2 aromatic heterocycles. The van der Waals surface area contributed by atoms with Crippen LogP contribution in [0.1, 0.15) is 33.5 Å². The van der Waals surface area contributed by atoms with Crippen molar-refractivity contribution >= 4 is 17.3 Å². The summed E-state index contributed by atoms with van der Waals surface area (Å²) in [6.45, 7) is 2.06. The molecule has 22 heavy (non-hydrogen) atoms. The van der Waals surface area contributed by atoms with E-state index in [-0.39, 0.29) is 5.69 Å². The number of benzene rings is 1. The normalized spacial score (nSPS) is 10.8. The van der Waals surface area contributed by atoms with Gasteiger partial charge >= 0.3 is 5.97 Å². The second-order valence-corrected chi connectivity index (χ2v) is 5.87. The number of hydrogen-bond donors (Lipinski definition) is 1. The predicted octanol–water partition coefficient (Wildman–Crippen LogP) is 3.18. The lowest BCUT2D eigenvalue weighted by atomic mass is 10.1. The molecule has 0 saturated carbocycles. The second-order valence-electron chi connectivity index (χ2n) is 4.84. The van der Waals surface area contributed by atoms with Gasteiger partial charge in [0.2, 0.25) is 0 Å². The molecular weight excluding hydrogens is 298 g/mol. The number of carboxylic acids is 1. The topological polar surface area (TPSA) is 68.0 Å². The van der Waals surface area contributed by atoms with E-state index in [1.807, 2.05) is 41.8 Å². The quantitative estimate of drug-likeness (QED) is 0.785. The average Bonchev–Trinajstić information content (AvgIpc) is 3.17. The van der Waals surface area contributed by atoms with Crippen LogP contribution < -0.4 is 0 Å². The molecule has 5 nitrogen and oxygen atoms in total. The highest BCUT2D eigenvalue weighted by atomic mass is 32.1. The summed E-state index contributed by atoms with van der Waals surface area (Å²) in [6.07, 6.45) is 1.35. The van der Waals surface area contributed by atoms with Crippen molar-refractivity contribution < 1.29 is 9.90 Å². The molecule has 1 N–H and O–H groups in total. The van der Waals surface area contributed by atoms with Crippen LogP contribution in [0.15, 0.2) is 41.8 Å². The van der Waals surface area contributed by atoms with Crippen molar-refractivity contribution in [1.29, 1.82) is 0 Å². The van der Waals surface area contributed by atoms with Gasteiger partial charge in [0.25, 0.3) is 0 Å². The molecule has 0 amide bonds. The minimum Gasteiger partial charge on any atom is -0.476 e. The Balaban J connectivity index is 2.13. The Morgan fingerprint density at radius 3 is 2.77 bits per heavy atom. The summed E-state index contributed by atoms with van der Waals surface area (Å²) in [5.74, 6) is -1.05. The molecule has 0 aliphatic rings. The highest BCUT2D eigenvalue weighted by molar-refractivity contribution is 7.09. The van der Waals surface area contributed by atoms with Crippen LogP contribution >= 0.6 is 11.3 Å². The number of thiophene rings is 1. The maximum Gasteiger partial charge on any atom is 0.358 e. The summed E-state index contributed by atoms with van der Waals surface area (Å²) in [5.41, 5.74) is 2.61. The van der Waals surface area contributed by atoms with E-state index in [1.165, 1.54) is 0 Å². The first kappa shape index (κ1) is 14.5. The van der Waals surface area contributed by atoms with Crippen LogP contribution in [-0.2, 0) is 12.8 Å². The molecule has 3 rings (SSSR count). The lowest BCUT2D eigenvalue weighted by Crippen LogP contribution is -2.08. The van der Waals surface area contributed by atoms with Gasteiger partial charge in [0.15, 0.2) is 5.69 Å². The van der Waals surface area contributed by atoms with Crippen LogP contribution in [0.2, 0.25) is 0 Å². The third kappa shape index (κ3) is 2.65. The Bertz CT molecular complexity index is 794. The molecule has 0 spiro atoms. The summed E-state index contributed by atoms with van der Waals surface area (Å²) in [5, 5.41) is 19.3. The minimum absolute atomic E-state index is 0.0132. The summed E-state index contributed by atoms with van der Waals surface area (Å²) < 4.78 is 1.65. The summed E-state index contributed by atoms with van der Waals surface area (Å²) in [6, 6.07) is 11.8. The van der Waals surface area contributed by atoms with Crippen LogP contribution in [0.5, 0.6) is 0 Å². The van der Waals surface area contributed by atoms with Crippen LogP contribution in [0.4, 0.5) is 0 Å². The van der Waals surface area contributed by atoms with Gasteiger partial charge in [-0.2, -0.15) is 0 Å². The number of carbonyl (C=O) groups is 1. The van der Waals surface area contributed by atoms with Gasteiger partial charge in [0.1, 0.15) is 0 Å². The largest absolute Gasteiger partial charge is 0.476 e. The van der Waals surface area contributed by atoms with E-state index in [0.717, 1.165) is 22.5 Å². The fourth-order valence-electron chi connectivity index (χ4n) is 2.41. The Hall–Kier alpha value is -2.47. The van der Waals surface area contributed by atoms with E-state index < -0.39 is 5.97 Å². The Labute approximate surface area is 131 Å². The number of hydrogen-bond acceptors (Lipinski definition) is 4. The summed E-state index contributed by atoms with van der Waals surface area (Å²) in [4.78, 5) is 12.5. The zero-order valence-corrected chi connectivity index (χ0v) is 12.9. The van der Waals surface area contributed by atoms with E-state index >= 15 is 0 Å². The van der Waals surface area contributed by atoms with Gasteiger partial charge in [-0.25, -0.2) is 9.48 Å². The van der Waals surface area contributed by atoms with E-state index in [1.54, 1.807) is 16.0 Å². The molecule has 0 saturated heterocycles. The molecule has 6 heteroatoms. The molecule has 0 atom stereocenters. The van der Waals surface area contributed by atoms with Gasteiger partial charge in [0, 0.05) is 11.3 Å². The molecule has 2 heterocycles. The standard InChI is InChI=1S/C16H15N3O2S/c1-2-11-6-3-4-8-13(11)19-14(10-12-7-5-9-22-12)15(16(20)21)17-18-19/h3-9H,2,10H2,1H3,(H,20,21). The van der Waals surface area contributed by atoms with Crippen molar-refractivity contribution in [2.75, 3.05) is 0 Å². The van der Waals surface area contributed by atoms with Crippen molar-refractivity contribution in [1.82, 2.24) is 15.0 Å². The first-order valence-corrected chi connectivity index (χ1v) is 7.87. The predicted molar refractivity (Wildman–Crippen MR) is 84.8 cm³/mol. The Kier molecular flexibility index (Phi) is 4.02. The number of aryl methyl sites for hydroxylation is 1. The van der Waals surface area contributed by atoms with Crippen molar-refractivity contribution in [2.45, 2.75) is 19.8 Å². The van der Waals surface area contributed by atoms with E-state index in [0.29, 0.717) is 12.1 Å². The fraction of sp³-hybridized carbons (Fsp3) is 0.188. The van der Waals surface area contributed by atoms with Gasteiger partial charge in [-0.15, -0.1) is 16.4 Å². The highest BCUT2D eigenvalue weighted by Crippen LogP contribution is 2.22. The van der Waals surface area contributed by atoms with Gasteiger partial charge in [0.05, 0.1) is 11.4 Å². The third-order valence-corrected chi connectivity index (χ3v) is 4.36. The number of para-hydroxylation sites is 1. The SMILES string of the molecule is CCc1ccccc1-n1nnc(C(=O)O)c1Cc1cccs1. The molecule has 1 aromatic carbocycles. The van der Waals surface area contributed by atoms with Crippen LogP contribution in [0.25, 0.3) is 5.69 Å². The molecule has 0 fully saturated rings. The smallest absolute Gasteiger partial charge is 0.358 e. The first-order valence-electron chi connectivity index (χ1n) is 6.99. The number of aromatic nitrogens is 3. The van der Waals surface area contributed by atoms with E-state index in [4.69, 9.17) is 0 Å². The summed E-state index contributed by atoms with van der Waals surface area (Å²) in [7, 11) is 0. The number of nitrogens with zero attached hydrogens (tertiary/aromatic N) is 3. The first-order chi connectivity index (χ1) is 10.7. The monoisotopic (exact) mass is 313 g/mol. The number of carboxylic acid groups (broad SMARTS) is 1. The third-order valence-electron chi connectivity index (χ3n) is 3.49. The Morgan fingerprint density at radius 2 is 2.09 bits per heavy atom. The molecule has 0 unspecified atom stereocenters. The lowest BCUT2D eigenvalue weighted by Gasteiger charge is -2.10. The maximum absolute atomic E-state index is 11.4. The molecule has 0 radical (unpaired) electrons. The van der Waals surface area contributed by atoms with Crippen molar-refractivity contribution in [3.05, 3.63) is 63.6 Å². The van der Waals surface area contributed by atoms with E-state index in [9.17, 15) is 9.90 Å². The molecular formula is C16H15N3O2S. The van der Waals surface area contributed by atoms with Crippen molar-refractivity contribution in [3.8, 4) is 5.69 Å². The molecule has 0 aliphatic carbocycles. The lowest BCUT2D eigenvalue weighted by molar-refractivity contribution is 0.0689. The van der Waals surface area contributed by atoms with Crippen molar-refractivity contribution in [3.63, 3.8) is 0 Å². The molecule has 0 bridgehead atoms. The van der Waals surface area contributed by atoms with Crippen LogP contribution in [0, 0.1) is 0 Å². The highest BCUT2D eigenvalue weighted by Gasteiger charge is 2.21.